The lowest BCUT2D eigenvalue weighted by Gasteiger charge is -2.14. The molecule has 0 radical (unpaired) electrons. The number of nitrogens with zero attached hydrogens (tertiary/aromatic N) is 2. The second-order valence-electron chi connectivity index (χ2n) is 4.71. The Morgan fingerprint density at radius 2 is 2.11 bits per heavy atom. The third kappa shape index (κ3) is 2.99. The van der Waals surface area contributed by atoms with Crippen molar-refractivity contribution in [1.29, 1.82) is 0 Å². The molecule has 0 spiro atoms. The minimum absolute atomic E-state index is 0.760. The van der Waals surface area contributed by atoms with Crippen molar-refractivity contribution in [3.05, 3.63) is 46.5 Å². The minimum Gasteiger partial charge on any atom is -0.313 e. The summed E-state index contributed by atoms with van der Waals surface area (Å²) in [6.45, 7) is 8.07. The van der Waals surface area contributed by atoms with Crippen LogP contribution in [-0.4, -0.2) is 16.1 Å². The topological polar surface area (TPSA) is 29.9 Å². The smallest absolute Gasteiger partial charge is 0.0998 e. The summed E-state index contributed by atoms with van der Waals surface area (Å²) < 4.78 is 2.07. The first-order valence-electron chi connectivity index (χ1n) is 6.64. The van der Waals surface area contributed by atoms with Crippen molar-refractivity contribution >= 4 is 11.6 Å². The standard InChI is InChI=1S/C15H20ClN3/c1-4-8-17-9-13-6-5-7-14(16)15(13)19-10-18-11(2)12(19)3/h5-7,10,17H,4,8-9H2,1-3H3. The Kier molecular flexibility index (Phi) is 4.61. The number of imidazole rings is 1. The van der Waals surface area contributed by atoms with E-state index in [0.29, 0.717) is 0 Å². The molecule has 0 saturated carbocycles. The number of halogens is 1. The first kappa shape index (κ1) is 14.1. The lowest BCUT2D eigenvalue weighted by Crippen LogP contribution is -2.16. The van der Waals surface area contributed by atoms with Crippen LogP contribution < -0.4 is 5.32 Å². The minimum atomic E-state index is 0.760. The Labute approximate surface area is 119 Å². The number of aromatic nitrogens is 2. The van der Waals surface area contributed by atoms with E-state index in [4.69, 9.17) is 11.6 Å². The van der Waals surface area contributed by atoms with E-state index in [1.165, 1.54) is 5.56 Å². The summed E-state index contributed by atoms with van der Waals surface area (Å²) in [4.78, 5) is 4.36. The molecule has 0 unspecified atom stereocenters. The van der Waals surface area contributed by atoms with E-state index in [9.17, 15) is 0 Å². The van der Waals surface area contributed by atoms with Gasteiger partial charge >= 0.3 is 0 Å². The zero-order chi connectivity index (χ0) is 13.8. The average Bonchev–Trinajstić information content (AvgIpc) is 2.71. The van der Waals surface area contributed by atoms with Crippen molar-refractivity contribution in [2.45, 2.75) is 33.7 Å². The molecular weight excluding hydrogens is 258 g/mol. The molecule has 102 valence electrons. The van der Waals surface area contributed by atoms with Crippen LogP contribution in [0, 0.1) is 13.8 Å². The van der Waals surface area contributed by atoms with E-state index in [1.807, 2.05) is 25.4 Å². The average molecular weight is 278 g/mol. The van der Waals surface area contributed by atoms with Gasteiger partial charge in [-0.05, 0) is 38.4 Å². The molecule has 1 aromatic heterocycles. The van der Waals surface area contributed by atoms with Crippen LogP contribution in [0.25, 0.3) is 5.69 Å². The highest BCUT2D eigenvalue weighted by atomic mass is 35.5. The second kappa shape index (κ2) is 6.22. The Bertz CT molecular complexity index is 561. The molecule has 0 amide bonds. The molecule has 0 fully saturated rings. The third-order valence-electron chi connectivity index (χ3n) is 3.31. The fourth-order valence-electron chi connectivity index (χ4n) is 2.10. The number of nitrogens with one attached hydrogen (secondary N) is 1. The van der Waals surface area contributed by atoms with Crippen LogP contribution in [0.4, 0.5) is 0 Å². The van der Waals surface area contributed by atoms with Crippen molar-refractivity contribution in [2.24, 2.45) is 0 Å². The zero-order valence-corrected chi connectivity index (χ0v) is 12.5. The van der Waals surface area contributed by atoms with Gasteiger partial charge in [0.15, 0.2) is 0 Å². The fraction of sp³-hybridized carbons (Fsp3) is 0.400. The van der Waals surface area contributed by atoms with Crippen LogP contribution in [0.3, 0.4) is 0 Å². The lowest BCUT2D eigenvalue weighted by atomic mass is 10.1. The van der Waals surface area contributed by atoms with Gasteiger partial charge < -0.3 is 9.88 Å². The van der Waals surface area contributed by atoms with Crippen molar-refractivity contribution in [3.8, 4) is 5.69 Å². The van der Waals surface area contributed by atoms with Gasteiger partial charge in [0.05, 0.1) is 22.7 Å². The number of hydrogen-bond acceptors (Lipinski definition) is 2. The number of aryl methyl sites for hydroxylation is 1. The maximum Gasteiger partial charge on any atom is 0.0998 e. The van der Waals surface area contributed by atoms with Crippen molar-refractivity contribution in [1.82, 2.24) is 14.9 Å². The lowest BCUT2D eigenvalue weighted by molar-refractivity contribution is 0.672. The van der Waals surface area contributed by atoms with Gasteiger partial charge in [0.2, 0.25) is 0 Å². The Balaban J connectivity index is 2.40. The third-order valence-corrected chi connectivity index (χ3v) is 3.61. The van der Waals surface area contributed by atoms with Crippen molar-refractivity contribution < 1.29 is 0 Å². The van der Waals surface area contributed by atoms with Gasteiger partial charge in [-0.25, -0.2) is 4.98 Å². The Morgan fingerprint density at radius 1 is 1.32 bits per heavy atom. The molecule has 1 heterocycles. The van der Waals surface area contributed by atoms with E-state index < -0.39 is 0 Å². The first-order chi connectivity index (χ1) is 9.15. The van der Waals surface area contributed by atoms with Gasteiger partial charge in [-0.3, -0.25) is 0 Å². The molecule has 0 atom stereocenters. The van der Waals surface area contributed by atoms with Crippen LogP contribution in [0.1, 0.15) is 30.3 Å². The van der Waals surface area contributed by atoms with Gasteiger partial charge in [-0.1, -0.05) is 30.7 Å². The molecule has 2 aromatic rings. The van der Waals surface area contributed by atoms with Crippen LogP contribution in [0.5, 0.6) is 0 Å². The van der Waals surface area contributed by atoms with E-state index in [0.717, 1.165) is 41.6 Å². The molecule has 0 aliphatic heterocycles. The number of hydrogen-bond donors (Lipinski definition) is 1. The molecule has 0 aliphatic rings. The summed E-state index contributed by atoms with van der Waals surface area (Å²) >= 11 is 6.38. The highest BCUT2D eigenvalue weighted by molar-refractivity contribution is 6.32. The van der Waals surface area contributed by atoms with Gasteiger partial charge in [0, 0.05) is 12.2 Å². The van der Waals surface area contributed by atoms with Crippen LogP contribution in [0.15, 0.2) is 24.5 Å². The molecule has 2 rings (SSSR count). The summed E-state index contributed by atoms with van der Waals surface area (Å²) in [6, 6.07) is 6.03. The summed E-state index contributed by atoms with van der Waals surface area (Å²) in [7, 11) is 0. The monoisotopic (exact) mass is 277 g/mol. The Hall–Kier alpha value is -1.32. The van der Waals surface area contributed by atoms with Crippen molar-refractivity contribution in [2.75, 3.05) is 6.54 Å². The van der Waals surface area contributed by atoms with Gasteiger partial charge in [0.25, 0.3) is 0 Å². The molecule has 1 N–H and O–H groups in total. The zero-order valence-electron chi connectivity index (χ0n) is 11.7. The quantitative estimate of drug-likeness (QED) is 0.846. The summed E-state index contributed by atoms with van der Waals surface area (Å²) in [6.07, 6.45) is 2.97. The first-order valence-corrected chi connectivity index (χ1v) is 7.02. The summed E-state index contributed by atoms with van der Waals surface area (Å²) in [5.74, 6) is 0. The van der Waals surface area contributed by atoms with Gasteiger partial charge in [-0.2, -0.15) is 0 Å². The number of rotatable bonds is 5. The van der Waals surface area contributed by atoms with E-state index in [1.54, 1.807) is 0 Å². The van der Waals surface area contributed by atoms with Gasteiger partial charge in [-0.15, -0.1) is 0 Å². The van der Waals surface area contributed by atoms with E-state index in [2.05, 4.69) is 34.8 Å². The predicted octanol–water partition coefficient (Wildman–Crippen LogP) is 3.64. The highest BCUT2D eigenvalue weighted by Crippen LogP contribution is 2.26. The molecule has 1 aromatic carbocycles. The normalized spacial score (nSPS) is 10.9. The van der Waals surface area contributed by atoms with Crippen LogP contribution in [-0.2, 0) is 6.54 Å². The SMILES string of the molecule is CCCNCc1cccc(Cl)c1-n1cnc(C)c1C. The second-order valence-corrected chi connectivity index (χ2v) is 5.12. The summed E-state index contributed by atoms with van der Waals surface area (Å²) in [5, 5.41) is 4.18. The molecule has 19 heavy (non-hydrogen) atoms. The van der Waals surface area contributed by atoms with Crippen LogP contribution in [0.2, 0.25) is 5.02 Å². The molecule has 0 bridgehead atoms. The van der Waals surface area contributed by atoms with E-state index >= 15 is 0 Å². The number of para-hydroxylation sites is 1. The Morgan fingerprint density at radius 3 is 2.74 bits per heavy atom. The fourth-order valence-corrected chi connectivity index (χ4v) is 2.38. The van der Waals surface area contributed by atoms with Gasteiger partial charge in [0.1, 0.15) is 0 Å². The molecule has 0 aliphatic carbocycles. The maximum absolute atomic E-state index is 6.38. The van der Waals surface area contributed by atoms with Crippen molar-refractivity contribution in [3.63, 3.8) is 0 Å². The highest BCUT2D eigenvalue weighted by Gasteiger charge is 2.12. The molecule has 3 nitrogen and oxygen atoms in total. The number of benzene rings is 1. The van der Waals surface area contributed by atoms with Crippen LogP contribution >= 0.6 is 11.6 Å². The summed E-state index contributed by atoms with van der Waals surface area (Å²) in [5.41, 5.74) is 4.39. The predicted molar refractivity (Wildman–Crippen MR) is 80.0 cm³/mol. The molecule has 0 saturated heterocycles. The maximum atomic E-state index is 6.38. The van der Waals surface area contributed by atoms with E-state index in [-0.39, 0.29) is 0 Å². The molecule has 4 heteroatoms. The molecular formula is C15H20ClN3. The largest absolute Gasteiger partial charge is 0.313 e.